The molecule has 2 aromatic heterocycles. The molecule has 11 heteroatoms. The van der Waals surface area contributed by atoms with Crippen molar-refractivity contribution in [3.05, 3.63) is 78.0 Å². The fraction of sp³-hybridized carbons (Fsp3) is 0.514. The summed E-state index contributed by atoms with van der Waals surface area (Å²) in [6.07, 6.45) is 6.72. The first-order valence-corrected chi connectivity index (χ1v) is 17.4. The molecule has 5 heterocycles. The van der Waals surface area contributed by atoms with Crippen molar-refractivity contribution in [1.29, 1.82) is 0 Å². The van der Waals surface area contributed by atoms with Crippen LogP contribution in [-0.4, -0.2) is 107 Å². The van der Waals surface area contributed by atoms with Gasteiger partial charge in [0.1, 0.15) is 11.8 Å². The zero-order chi connectivity index (χ0) is 32.9. The van der Waals surface area contributed by atoms with Crippen molar-refractivity contribution in [1.82, 2.24) is 25.0 Å². The van der Waals surface area contributed by atoms with Gasteiger partial charge in [-0.05, 0) is 49.9 Å². The van der Waals surface area contributed by atoms with E-state index in [2.05, 4.69) is 20.1 Å². The molecule has 3 aliphatic heterocycles. The maximum absolute atomic E-state index is 16.5. The summed E-state index contributed by atoms with van der Waals surface area (Å²) in [7, 11) is 1.71. The van der Waals surface area contributed by atoms with Crippen LogP contribution in [0.3, 0.4) is 0 Å². The molecule has 2 aliphatic carbocycles. The summed E-state index contributed by atoms with van der Waals surface area (Å²) in [4.78, 5) is 51.2. The Morgan fingerprint density at radius 2 is 1.92 bits per heavy atom. The minimum Gasteiger partial charge on any atom is -0.451 e. The number of nitrogens with one attached hydrogen (secondary N) is 1. The zero-order valence-electron chi connectivity index (χ0n) is 27.2. The fourth-order valence-corrected chi connectivity index (χ4v) is 8.81. The zero-order valence-corrected chi connectivity index (χ0v) is 27.2. The van der Waals surface area contributed by atoms with Crippen LogP contribution in [0.25, 0.3) is 11.0 Å². The van der Waals surface area contributed by atoms with E-state index in [1.54, 1.807) is 30.4 Å². The van der Waals surface area contributed by atoms with E-state index in [-0.39, 0.29) is 59.6 Å². The number of furan rings is 1. The highest BCUT2D eigenvalue weighted by molar-refractivity contribution is 6.20. The van der Waals surface area contributed by atoms with Gasteiger partial charge in [-0.25, -0.2) is 4.39 Å². The van der Waals surface area contributed by atoms with Crippen LogP contribution in [0, 0.1) is 5.92 Å². The summed E-state index contributed by atoms with van der Waals surface area (Å²) < 4.78 is 29.1. The van der Waals surface area contributed by atoms with Crippen LogP contribution < -0.4 is 5.32 Å². The molecule has 8 unspecified atom stereocenters. The molecule has 0 spiro atoms. The Labute approximate surface area is 279 Å². The number of Topliss-reactive ketones (excluding diaryl/α,β-unsaturated/α-hetero) is 1. The van der Waals surface area contributed by atoms with Gasteiger partial charge in [-0.3, -0.25) is 24.3 Å². The molecule has 5 aliphatic rings. The summed E-state index contributed by atoms with van der Waals surface area (Å²) in [6, 6.07) is 13.9. The van der Waals surface area contributed by atoms with Crippen molar-refractivity contribution in [2.45, 2.75) is 87.5 Å². The van der Waals surface area contributed by atoms with Gasteiger partial charge in [-0.1, -0.05) is 37.1 Å². The molecule has 0 radical (unpaired) electrons. The number of ether oxygens (including phenoxy) is 1. The average Bonchev–Trinajstić information content (AvgIpc) is 3.76. The summed E-state index contributed by atoms with van der Waals surface area (Å²) in [5.74, 6) is -1.30. The largest absolute Gasteiger partial charge is 0.451 e. The SMILES string of the molecule is CN(CCc1ccccn1)C(=O)C1=CN2C3CCCCC3OC3C(N4CCC(NC(=O)c5cc6ccccc6o5)C4)C(F)CC(C1=O)C32. The highest BCUT2D eigenvalue weighted by atomic mass is 19.1. The number of halogens is 1. The Kier molecular flexibility index (Phi) is 8.28. The molecule has 8 atom stereocenters. The minimum atomic E-state index is -1.32. The number of carbonyl (C=O) groups is 3. The quantitative estimate of drug-likeness (QED) is 0.382. The first kappa shape index (κ1) is 31.2. The maximum Gasteiger partial charge on any atom is 0.287 e. The number of ketones is 1. The average molecular weight is 656 g/mol. The number of morpholine rings is 1. The molecule has 48 heavy (non-hydrogen) atoms. The predicted octanol–water partition coefficient (Wildman–Crippen LogP) is 3.91. The Morgan fingerprint density at radius 1 is 1.08 bits per heavy atom. The highest BCUT2D eigenvalue weighted by Crippen LogP contribution is 2.47. The molecule has 1 N–H and O–H groups in total. The second kappa shape index (κ2) is 12.7. The fourth-order valence-electron chi connectivity index (χ4n) is 8.81. The van der Waals surface area contributed by atoms with Crippen molar-refractivity contribution in [2.75, 3.05) is 26.7 Å². The van der Waals surface area contributed by atoms with Crippen molar-refractivity contribution < 1.29 is 27.9 Å². The van der Waals surface area contributed by atoms with Crippen molar-refractivity contribution in [2.24, 2.45) is 5.92 Å². The molecular weight excluding hydrogens is 613 g/mol. The van der Waals surface area contributed by atoms with Gasteiger partial charge in [0.25, 0.3) is 11.8 Å². The summed E-state index contributed by atoms with van der Waals surface area (Å²) >= 11 is 0. The number of alkyl halides is 1. The number of aromatic nitrogens is 1. The molecule has 0 bridgehead atoms. The molecule has 2 saturated carbocycles. The molecule has 2 saturated heterocycles. The first-order chi connectivity index (χ1) is 23.4. The van der Waals surface area contributed by atoms with E-state index < -0.39 is 24.2 Å². The van der Waals surface area contributed by atoms with Crippen molar-refractivity contribution >= 4 is 28.6 Å². The van der Waals surface area contributed by atoms with Gasteiger partial charge in [-0.15, -0.1) is 0 Å². The molecule has 252 valence electrons. The number of likely N-dealkylation sites (N-methyl/N-ethyl adjacent to an activating group) is 1. The van der Waals surface area contributed by atoms with Crippen LogP contribution in [0.2, 0.25) is 0 Å². The normalized spacial score (nSPS) is 31.6. The van der Waals surface area contributed by atoms with Crippen LogP contribution in [0.4, 0.5) is 4.39 Å². The highest BCUT2D eigenvalue weighted by Gasteiger charge is 2.60. The van der Waals surface area contributed by atoms with Gasteiger partial charge < -0.3 is 24.3 Å². The third kappa shape index (κ3) is 5.60. The smallest absolute Gasteiger partial charge is 0.287 e. The Hall–Kier alpha value is -4.09. The first-order valence-electron chi connectivity index (χ1n) is 17.4. The van der Waals surface area contributed by atoms with E-state index in [9.17, 15) is 14.4 Å². The Bertz CT molecular complexity index is 1700. The van der Waals surface area contributed by atoms with Gasteiger partial charge in [0, 0.05) is 68.5 Å². The third-order valence-corrected chi connectivity index (χ3v) is 11.2. The van der Waals surface area contributed by atoms with Gasteiger partial charge in [-0.2, -0.15) is 0 Å². The Balaban J connectivity index is 1.01. The van der Waals surface area contributed by atoms with E-state index >= 15 is 4.39 Å². The number of nitrogens with zero attached hydrogens (tertiary/aromatic N) is 4. The lowest BCUT2D eigenvalue weighted by molar-refractivity contribution is -0.210. The second-order valence-corrected chi connectivity index (χ2v) is 14.1. The van der Waals surface area contributed by atoms with E-state index in [4.69, 9.17) is 9.15 Å². The van der Waals surface area contributed by atoms with Crippen LogP contribution in [0.15, 0.2) is 70.9 Å². The molecular formula is C37H42FN5O5. The van der Waals surface area contributed by atoms with Crippen LogP contribution >= 0.6 is 0 Å². The monoisotopic (exact) mass is 655 g/mol. The molecule has 3 aromatic rings. The number of fused-ring (bicyclic) bond motifs is 3. The molecule has 4 fully saturated rings. The van der Waals surface area contributed by atoms with Gasteiger partial charge in [0.15, 0.2) is 11.5 Å². The molecule has 10 nitrogen and oxygen atoms in total. The maximum atomic E-state index is 16.5. The predicted molar refractivity (Wildman–Crippen MR) is 176 cm³/mol. The van der Waals surface area contributed by atoms with Crippen LogP contribution in [-0.2, 0) is 20.7 Å². The van der Waals surface area contributed by atoms with Gasteiger partial charge in [0.2, 0.25) is 0 Å². The number of likely N-dealkylation sites (tertiary alicyclic amines) is 1. The number of carbonyl (C=O) groups excluding carboxylic acids is 3. The molecule has 8 rings (SSSR count). The van der Waals surface area contributed by atoms with E-state index in [1.165, 1.54) is 0 Å². The van der Waals surface area contributed by atoms with Crippen molar-refractivity contribution in [3.63, 3.8) is 0 Å². The minimum absolute atomic E-state index is 0.0384. The van der Waals surface area contributed by atoms with Gasteiger partial charge >= 0.3 is 0 Å². The van der Waals surface area contributed by atoms with E-state index in [0.29, 0.717) is 38.1 Å². The van der Waals surface area contributed by atoms with Crippen molar-refractivity contribution in [3.8, 4) is 0 Å². The van der Waals surface area contributed by atoms with Gasteiger partial charge in [0.05, 0.1) is 35.9 Å². The number of hydrogen-bond donors (Lipinski definition) is 1. The number of benzene rings is 1. The van der Waals surface area contributed by atoms with E-state index in [1.807, 2.05) is 42.5 Å². The standard InChI is InChI=1S/C37H42FN5O5/c1-41(16-13-23-9-6-7-15-39-23)37(46)26-21-43-28-10-3-5-12-30(28)48-35-32(43)25(34(26)44)19-27(38)33(35)42-17-14-24(20-42)40-36(45)31-18-22-8-2-4-11-29(22)47-31/h2,4,6-9,11,15,18,21,24-25,27-28,30,32-33,35H,3,5,10,12-14,16-17,19-20H2,1H3,(H,40,45). The number of rotatable bonds is 7. The lowest BCUT2D eigenvalue weighted by Crippen LogP contribution is -2.73. The molecule has 1 aromatic carbocycles. The third-order valence-electron chi connectivity index (χ3n) is 11.2. The number of para-hydroxylation sites is 1. The summed E-state index contributed by atoms with van der Waals surface area (Å²) in [5, 5.41) is 3.96. The van der Waals surface area contributed by atoms with Crippen LogP contribution in [0.5, 0.6) is 0 Å². The number of amides is 2. The lowest BCUT2D eigenvalue weighted by Gasteiger charge is -2.60. The molecule has 2 amide bonds. The summed E-state index contributed by atoms with van der Waals surface area (Å²) in [6.45, 7) is 1.51. The summed E-state index contributed by atoms with van der Waals surface area (Å²) in [5.41, 5.74) is 1.67. The Morgan fingerprint density at radius 3 is 2.75 bits per heavy atom. The van der Waals surface area contributed by atoms with E-state index in [0.717, 1.165) is 36.8 Å². The topological polar surface area (TPSA) is 108 Å². The second-order valence-electron chi connectivity index (χ2n) is 14.1. The lowest BCUT2D eigenvalue weighted by atomic mass is 9.69. The number of hydrogen-bond acceptors (Lipinski definition) is 8. The van der Waals surface area contributed by atoms with Crippen LogP contribution in [0.1, 0.15) is 54.8 Å². The number of pyridine rings is 1.